The van der Waals surface area contributed by atoms with Crippen molar-refractivity contribution in [2.45, 2.75) is 6.42 Å². The quantitative estimate of drug-likeness (QED) is 0.745. The monoisotopic (exact) mass is 293 g/mol. The number of aryl methyl sites for hydroxylation is 1. The highest BCUT2D eigenvalue weighted by Gasteiger charge is 2.10. The van der Waals surface area contributed by atoms with Gasteiger partial charge in [0.25, 0.3) is 0 Å². The molecular formula is C12H12ClN5S. The van der Waals surface area contributed by atoms with Crippen molar-refractivity contribution >= 4 is 22.9 Å². The third kappa shape index (κ3) is 2.41. The van der Waals surface area contributed by atoms with Gasteiger partial charge in [0.05, 0.1) is 24.5 Å². The Bertz CT molecular complexity index is 711. The van der Waals surface area contributed by atoms with Crippen LogP contribution < -0.4 is 0 Å². The summed E-state index contributed by atoms with van der Waals surface area (Å²) < 4.78 is 3.64. The van der Waals surface area contributed by atoms with Gasteiger partial charge in [0, 0.05) is 31.2 Å². The van der Waals surface area contributed by atoms with Crippen LogP contribution in [0.4, 0.5) is 0 Å². The first-order chi connectivity index (χ1) is 9.13. The van der Waals surface area contributed by atoms with Crippen LogP contribution in [-0.4, -0.2) is 24.3 Å². The van der Waals surface area contributed by atoms with E-state index in [0.29, 0.717) is 11.6 Å². The van der Waals surface area contributed by atoms with Crippen LogP contribution in [-0.2, 0) is 20.5 Å². The maximum absolute atomic E-state index is 5.97. The molecule has 0 aromatic carbocycles. The Morgan fingerprint density at radius 3 is 2.79 bits per heavy atom. The van der Waals surface area contributed by atoms with Gasteiger partial charge in [-0.2, -0.15) is 5.10 Å². The molecule has 0 fully saturated rings. The van der Waals surface area contributed by atoms with E-state index in [0.717, 1.165) is 22.1 Å². The normalized spacial score (nSPS) is 11.1. The summed E-state index contributed by atoms with van der Waals surface area (Å²) in [5.74, 6) is 0.914. The number of nitrogens with zero attached hydrogens (tertiary/aromatic N) is 5. The molecule has 3 heterocycles. The lowest BCUT2D eigenvalue weighted by Gasteiger charge is -1.99. The van der Waals surface area contributed by atoms with Crippen LogP contribution in [0.1, 0.15) is 10.8 Å². The average molecular weight is 294 g/mol. The molecule has 0 aliphatic rings. The van der Waals surface area contributed by atoms with E-state index < -0.39 is 0 Å². The van der Waals surface area contributed by atoms with E-state index in [-0.39, 0.29) is 0 Å². The Morgan fingerprint density at radius 1 is 1.32 bits per heavy atom. The molecule has 3 rings (SSSR count). The van der Waals surface area contributed by atoms with E-state index in [4.69, 9.17) is 11.6 Å². The van der Waals surface area contributed by atoms with Crippen LogP contribution in [0.2, 0.25) is 5.15 Å². The molecule has 0 aliphatic heterocycles. The maximum Gasteiger partial charge on any atom is 0.128 e. The van der Waals surface area contributed by atoms with Gasteiger partial charge in [-0.25, -0.2) is 9.97 Å². The maximum atomic E-state index is 5.97. The van der Waals surface area contributed by atoms with Crippen molar-refractivity contribution in [2.75, 3.05) is 0 Å². The van der Waals surface area contributed by atoms with Gasteiger partial charge in [-0.3, -0.25) is 4.68 Å². The number of aromatic nitrogens is 5. The fraction of sp³-hybridized carbons (Fsp3) is 0.250. The minimum absolute atomic E-state index is 0.638. The van der Waals surface area contributed by atoms with E-state index in [1.165, 1.54) is 0 Å². The third-order valence-corrected chi connectivity index (χ3v) is 4.09. The Balaban J connectivity index is 1.84. The van der Waals surface area contributed by atoms with Gasteiger partial charge in [0.1, 0.15) is 16.0 Å². The van der Waals surface area contributed by atoms with E-state index in [9.17, 15) is 0 Å². The molecule has 0 spiro atoms. The first-order valence-electron chi connectivity index (χ1n) is 5.73. The highest BCUT2D eigenvalue weighted by Crippen LogP contribution is 2.23. The van der Waals surface area contributed by atoms with Crippen LogP contribution in [0.15, 0.2) is 24.0 Å². The standard InChI is InChI=1S/C12H12ClN5S/c1-17-6-8(4-15-17)9-7-19-12(16-9)3-11-14-5-10(13)18(11)2/h4-7H,3H2,1-2H3. The minimum atomic E-state index is 0.638. The molecule has 98 valence electrons. The lowest BCUT2D eigenvalue weighted by atomic mass is 10.3. The molecule has 0 saturated carbocycles. The van der Waals surface area contributed by atoms with E-state index in [2.05, 4.69) is 15.1 Å². The molecular weight excluding hydrogens is 282 g/mol. The zero-order valence-corrected chi connectivity index (χ0v) is 12.1. The van der Waals surface area contributed by atoms with Crippen molar-refractivity contribution in [3.05, 3.63) is 40.0 Å². The lowest BCUT2D eigenvalue weighted by Crippen LogP contribution is -1.99. The van der Waals surface area contributed by atoms with Crippen molar-refractivity contribution in [1.82, 2.24) is 24.3 Å². The summed E-state index contributed by atoms with van der Waals surface area (Å²) in [5, 5.41) is 7.85. The van der Waals surface area contributed by atoms with Gasteiger partial charge in [0.15, 0.2) is 0 Å². The Labute approximate surface area is 119 Å². The molecule has 0 radical (unpaired) electrons. The predicted octanol–water partition coefficient (Wildman–Crippen LogP) is 2.52. The van der Waals surface area contributed by atoms with Gasteiger partial charge < -0.3 is 4.57 Å². The van der Waals surface area contributed by atoms with E-state index in [1.54, 1.807) is 22.2 Å². The zero-order valence-electron chi connectivity index (χ0n) is 10.5. The van der Waals surface area contributed by atoms with E-state index in [1.807, 2.05) is 36.4 Å². The summed E-state index contributed by atoms with van der Waals surface area (Å²) in [6.45, 7) is 0. The first-order valence-corrected chi connectivity index (χ1v) is 6.99. The van der Waals surface area contributed by atoms with Gasteiger partial charge in [-0.1, -0.05) is 11.6 Å². The molecule has 0 bridgehead atoms. The molecule has 19 heavy (non-hydrogen) atoms. The van der Waals surface area contributed by atoms with Crippen molar-refractivity contribution in [2.24, 2.45) is 14.1 Å². The van der Waals surface area contributed by atoms with Crippen LogP contribution in [0.5, 0.6) is 0 Å². The molecule has 0 atom stereocenters. The Kier molecular flexibility index (Phi) is 3.12. The highest BCUT2D eigenvalue weighted by molar-refractivity contribution is 7.10. The number of rotatable bonds is 3. The second-order valence-corrected chi connectivity index (χ2v) is 5.59. The largest absolute Gasteiger partial charge is 0.322 e. The van der Waals surface area contributed by atoms with Gasteiger partial charge in [-0.15, -0.1) is 11.3 Å². The number of hydrogen-bond donors (Lipinski definition) is 0. The number of hydrogen-bond acceptors (Lipinski definition) is 4. The van der Waals surface area contributed by atoms with E-state index >= 15 is 0 Å². The van der Waals surface area contributed by atoms with Crippen molar-refractivity contribution < 1.29 is 0 Å². The number of thiazole rings is 1. The Hall–Kier alpha value is -1.66. The topological polar surface area (TPSA) is 48.5 Å². The summed E-state index contributed by atoms with van der Waals surface area (Å²) in [5.41, 5.74) is 1.98. The van der Waals surface area contributed by atoms with Crippen LogP contribution in [0, 0.1) is 0 Å². The molecule has 5 nitrogen and oxygen atoms in total. The van der Waals surface area contributed by atoms with Crippen molar-refractivity contribution in [1.29, 1.82) is 0 Å². The lowest BCUT2D eigenvalue weighted by molar-refractivity contribution is 0.768. The smallest absolute Gasteiger partial charge is 0.128 e. The second-order valence-electron chi connectivity index (χ2n) is 4.26. The zero-order chi connectivity index (χ0) is 13.4. The van der Waals surface area contributed by atoms with Crippen LogP contribution in [0.25, 0.3) is 11.3 Å². The van der Waals surface area contributed by atoms with Gasteiger partial charge >= 0.3 is 0 Å². The molecule has 7 heteroatoms. The van der Waals surface area contributed by atoms with Crippen molar-refractivity contribution in [3.63, 3.8) is 0 Å². The summed E-state index contributed by atoms with van der Waals surface area (Å²) in [6.07, 6.45) is 6.12. The number of imidazole rings is 1. The molecule has 0 unspecified atom stereocenters. The van der Waals surface area contributed by atoms with Crippen LogP contribution in [0.3, 0.4) is 0 Å². The minimum Gasteiger partial charge on any atom is -0.322 e. The molecule has 0 N–H and O–H groups in total. The SMILES string of the molecule is Cn1cc(-c2csc(Cc3ncc(Cl)n3C)n2)cn1. The fourth-order valence-electron chi connectivity index (χ4n) is 1.80. The second kappa shape index (κ2) is 4.79. The summed E-state index contributed by atoms with van der Waals surface area (Å²) >= 11 is 7.59. The van der Waals surface area contributed by atoms with Crippen LogP contribution >= 0.6 is 22.9 Å². The summed E-state index contributed by atoms with van der Waals surface area (Å²) in [7, 11) is 3.80. The summed E-state index contributed by atoms with van der Waals surface area (Å²) in [6, 6.07) is 0. The Morgan fingerprint density at radius 2 is 2.16 bits per heavy atom. The average Bonchev–Trinajstić information content (AvgIpc) is 3.07. The molecule has 0 aliphatic carbocycles. The van der Waals surface area contributed by atoms with Gasteiger partial charge in [-0.05, 0) is 0 Å². The third-order valence-electron chi connectivity index (χ3n) is 2.89. The van der Waals surface area contributed by atoms with Crippen molar-refractivity contribution in [3.8, 4) is 11.3 Å². The molecule has 0 saturated heterocycles. The highest BCUT2D eigenvalue weighted by atomic mass is 35.5. The fourth-order valence-corrected chi connectivity index (χ4v) is 2.75. The number of halogens is 1. The predicted molar refractivity (Wildman–Crippen MR) is 75.3 cm³/mol. The molecule has 3 aromatic rings. The van der Waals surface area contributed by atoms with Gasteiger partial charge in [0.2, 0.25) is 0 Å². The molecule has 0 amide bonds. The molecule has 3 aromatic heterocycles. The summed E-state index contributed by atoms with van der Waals surface area (Å²) in [4.78, 5) is 8.89. The first kappa shape index (κ1) is 12.4.